The van der Waals surface area contributed by atoms with Crippen LogP contribution >= 0.6 is 11.8 Å². The summed E-state index contributed by atoms with van der Waals surface area (Å²) in [6, 6.07) is 18.4. The van der Waals surface area contributed by atoms with Crippen LogP contribution in [0.1, 0.15) is 11.1 Å². The predicted molar refractivity (Wildman–Crippen MR) is 120 cm³/mol. The number of anilines is 1. The number of amides is 1. The molecule has 2 aromatic carbocycles. The molecule has 30 heavy (non-hydrogen) atoms. The first kappa shape index (κ1) is 19.8. The summed E-state index contributed by atoms with van der Waals surface area (Å²) < 4.78 is 1.46. The minimum atomic E-state index is -0.210. The lowest BCUT2D eigenvalue weighted by Crippen LogP contribution is -2.23. The Morgan fingerprint density at radius 2 is 1.73 bits per heavy atom. The molecule has 0 unspecified atom stereocenters. The molecule has 0 spiro atoms. The Balaban J connectivity index is 1.66. The summed E-state index contributed by atoms with van der Waals surface area (Å²) in [5.41, 5.74) is 3.23. The molecular weight excluding hydrogens is 396 g/mol. The van der Waals surface area contributed by atoms with Gasteiger partial charge in [0.1, 0.15) is 5.82 Å². The summed E-state index contributed by atoms with van der Waals surface area (Å²) in [5, 5.41) is 3.80. The van der Waals surface area contributed by atoms with Crippen molar-refractivity contribution in [3.8, 4) is 5.82 Å². The summed E-state index contributed by atoms with van der Waals surface area (Å²) in [6.07, 6.45) is 1.70. The number of nitrogens with zero attached hydrogens (tertiary/aromatic N) is 3. The van der Waals surface area contributed by atoms with E-state index in [1.807, 2.05) is 50.2 Å². The molecule has 0 aliphatic heterocycles. The highest BCUT2D eigenvalue weighted by atomic mass is 32.2. The van der Waals surface area contributed by atoms with Crippen molar-refractivity contribution >= 4 is 34.3 Å². The van der Waals surface area contributed by atoms with Gasteiger partial charge in [0.15, 0.2) is 5.16 Å². The number of nitrogens with one attached hydrogen (secondary N) is 1. The lowest BCUT2D eigenvalue weighted by molar-refractivity contribution is -0.113. The van der Waals surface area contributed by atoms with Crippen LogP contribution in [0.15, 0.2) is 76.8 Å². The number of pyridine rings is 1. The smallest absolute Gasteiger partial charge is 0.267 e. The maximum atomic E-state index is 13.2. The highest BCUT2D eigenvalue weighted by Crippen LogP contribution is 2.21. The predicted octanol–water partition coefficient (Wildman–Crippen LogP) is 4.13. The zero-order valence-corrected chi connectivity index (χ0v) is 17.4. The van der Waals surface area contributed by atoms with Gasteiger partial charge < -0.3 is 5.32 Å². The third kappa shape index (κ3) is 4.26. The fraction of sp³-hybridized carbons (Fsp3) is 0.130. The lowest BCUT2D eigenvalue weighted by Gasteiger charge is -2.12. The molecule has 0 saturated heterocycles. The monoisotopic (exact) mass is 416 g/mol. The van der Waals surface area contributed by atoms with Gasteiger partial charge in [-0.05, 0) is 49.7 Å². The summed E-state index contributed by atoms with van der Waals surface area (Å²) in [5.74, 6) is 0.421. The van der Waals surface area contributed by atoms with Crippen molar-refractivity contribution in [2.24, 2.45) is 0 Å². The summed E-state index contributed by atoms with van der Waals surface area (Å²) in [6.45, 7) is 3.93. The molecule has 0 radical (unpaired) electrons. The number of thioether (sulfide) groups is 1. The zero-order chi connectivity index (χ0) is 21.1. The molecule has 2 heterocycles. The Hall–Kier alpha value is -3.45. The van der Waals surface area contributed by atoms with Crippen molar-refractivity contribution in [1.29, 1.82) is 0 Å². The number of para-hydroxylation sites is 1. The number of carbonyl (C=O) groups excluding carboxylic acids is 1. The van der Waals surface area contributed by atoms with Gasteiger partial charge in [0, 0.05) is 11.9 Å². The van der Waals surface area contributed by atoms with Gasteiger partial charge in [-0.2, -0.15) is 0 Å². The number of benzene rings is 2. The SMILES string of the molecule is Cc1ccc(NC(=O)CSc2nc3ccccc3c(=O)n2-c2ccc(C)cn2)cc1. The second-order valence-electron chi connectivity index (χ2n) is 6.95. The molecule has 0 aliphatic rings. The van der Waals surface area contributed by atoms with E-state index in [0.717, 1.165) is 16.8 Å². The Labute approximate surface area is 178 Å². The van der Waals surface area contributed by atoms with Gasteiger partial charge in [0.05, 0.1) is 16.7 Å². The van der Waals surface area contributed by atoms with E-state index in [1.54, 1.807) is 30.5 Å². The van der Waals surface area contributed by atoms with E-state index in [2.05, 4.69) is 15.3 Å². The van der Waals surface area contributed by atoms with E-state index < -0.39 is 0 Å². The van der Waals surface area contributed by atoms with Gasteiger partial charge in [0.25, 0.3) is 5.56 Å². The van der Waals surface area contributed by atoms with Crippen LogP contribution in [0.4, 0.5) is 5.69 Å². The molecule has 150 valence electrons. The van der Waals surface area contributed by atoms with Crippen molar-refractivity contribution in [1.82, 2.24) is 14.5 Å². The van der Waals surface area contributed by atoms with Gasteiger partial charge in [-0.15, -0.1) is 0 Å². The van der Waals surface area contributed by atoms with E-state index in [1.165, 1.54) is 16.3 Å². The Kier molecular flexibility index (Phi) is 5.63. The van der Waals surface area contributed by atoms with Crippen molar-refractivity contribution in [2.75, 3.05) is 11.1 Å². The zero-order valence-electron chi connectivity index (χ0n) is 16.6. The maximum Gasteiger partial charge on any atom is 0.267 e. The first-order valence-electron chi connectivity index (χ1n) is 9.45. The molecule has 4 aromatic rings. The molecule has 0 saturated carbocycles. The molecule has 6 nitrogen and oxygen atoms in total. The van der Waals surface area contributed by atoms with Crippen LogP contribution in [0.3, 0.4) is 0 Å². The molecule has 0 aliphatic carbocycles. The largest absolute Gasteiger partial charge is 0.325 e. The number of hydrogen-bond acceptors (Lipinski definition) is 5. The number of carbonyl (C=O) groups is 1. The van der Waals surface area contributed by atoms with Crippen LogP contribution < -0.4 is 10.9 Å². The van der Waals surface area contributed by atoms with Crippen molar-refractivity contribution in [3.05, 3.63) is 88.3 Å². The van der Waals surface area contributed by atoms with E-state index in [9.17, 15) is 9.59 Å². The van der Waals surface area contributed by atoms with Gasteiger partial charge in [0.2, 0.25) is 5.91 Å². The first-order valence-corrected chi connectivity index (χ1v) is 10.4. The van der Waals surface area contributed by atoms with E-state index in [-0.39, 0.29) is 17.2 Å². The second-order valence-corrected chi connectivity index (χ2v) is 7.89. The number of hydrogen-bond donors (Lipinski definition) is 1. The quantitative estimate of drug-likeness (QED) is 0.391. The summed E-state index contributed by atoms with van der Waals surface area (Å²) in [4.78, 5) is 34.6. The minimum absolute atomic E-state index is 0.116. The van der Waals surface area contributed by atoms with Crippen molar-refractivity contribution in [2.45, 2.75) is 19.0 Å². The third-order valence-electron chi connectivity index (χ3n) is 4.54. The van der Waals surface area contributed by atoms with Crippen LogP contribution in [0, 0.1) is 13.8 Å². The fourth-order valence-electron chi connectivity index (χ4n) is 2.97. The number of aromatic nitrogens is 3. The van der Waals surface area contributed by atoms with Crippen LogP contribution in [0.25, 0.3) is 16.7 Å². The van der Waals surface area contributed by atoms with Crippen LogP contribution in [0.5, 0.6) is 0 Å². The van der Waals surface area contributed by atoms with Gasteiger partial charge in [-0.3, -0.25) is 9.59 Å². The van der Waals surface area contributed by atoms with Crippen molar-refractivity contribution < 1.29 is 4.79 Å². The maximum absolute atomic E-state index is 13.2. The summed E-state index contributed by atoms with van der Waals surface area (Å²) >= 11 is 1.21. The lowest BCUT2D eigenvalue weighted by atomic mass is 10.2. The standard InChI is InChI=1S/C23H20N4O2S/c1-15-7-10-17(11-8-15)25-21(28)14-30-23-26-19-6-4-3-5-18(19)22(29)27(23)20-12-9-16(2)13-24-20/h3-13H,14H2,1-2H3,(H,25,28). The van der Waals surface area contributed by atoms with Gasteiger partial charge in [-0.25, -0.2) is 14.5 Å². The van der Waals surface area contributed by atoms with Crippen molar-refractivity contribution in [3.63, 3.8) is 0 Å². The minimum Gasteiger partial charge on any atom is -0.325 e. The number of aryl methyl sites for hydroxylation is 2. The average Bonchev–Trinajstić information content (AvgIpc) is 2.75. The molecule has 1 N–H and O–H groups in total. The normalized spacial score (nSPS) is 10.9. The molecule has 2 aromatic heterocycles. The highest BCUT2D eigenvalue weighted by Gasteiger charge is 2.15. The number of rotatable bonds is 5. The Bertz CT molecular complexity index is 1270. The van der Waals surface area contributed by atoms with Crippen LogP contribution in [-0.2, 0) is 4.79 Å². The van der Waals surface area contributed by atoms with Gasteiger partial charge >= 0.3 is 0 Å². The highest BCUT2D eigenvalue weighted by molar-refractivity contribution is 7.99. The molecule has 0 bridgehead atoms. The topological polar surface area (TPSA) is 76.9 Å². The molecule has 0 atom stereocenters. The van der Waals surface area contributed by atoms with E-state index in [4.69, 9.17) is 0 Å². The van der Waals surface area contributed by atoms with Crippen LogP contribution in [0.2, 0.25) is 0 Å². The Morgan fingerprint density at radius 1 is 1.00 bits per heavy atom. The summed E-state index contributed by atoms with van der Waals surface area (Å²) in [7, 11) is 0. The third-order valence-corrected chi connectivity index (χ3v) is 5.48. The van der Waals surface area contributed by atoms with Gasteiger partial charge in [-0.1, -0.05) is 47.7 Å². The van der Waals surface area contributed by atoms with Crippen LogP contribution in [-0.4, -0.2) is 26.2 Å². The molecule has 0 fully saturated rings. The Morgan fingerprint density at radius 3 is 2.47 bits per heavy atom. The molecule has 7 heteroatoms. The number of fused-ring (bicyclic) bond motifs is 1. The van der Waals surface area contributed by atoms with E-state index in [0.29, 0.717) is 21.9 Å². The molecular formula is C23H20N4O2S. The molecule has 1 amide bonds. The fourth-order valence-corrected chi connectivity index (χ4v) is 3.77. The second kappa shape index (κ2) is 8.51. The average molecular weight is 417 g/mol. The van der Waals surface area contributed by atoms with E-state index >= 15 is 0 Å². The molecule has 4 rings (SSSR count). The first-order chi connectivity index (χ1) is 14.5.